The first-order valence-corrected chi connectivity index (χ1v) is 11.7. The van der Waals surface area contributed by atoms with E-state index in [9.17, 15) is 4.79 Å². The van der Waals surface area contributed by atoms with E-state index in [2.05, 4.69) is 37.4 Å². The molecule has 0 bridgehead atoms. The van der Waals surface area contributed by atoms with Crippen molar-refractivity contribution in [2.75, 3.05) is 44.4 Å². The second-order valence-electron chi connectivity index (χ2n) is 7.70. The van der Waals surface area contributed by atoms with Crippen LogP contribution in [0.2, 0.25) is 0 Å². The number of nitrogens with zero attached hydrogens (tertiary/aromatic N) is 5. The summed E-state index contributed by atoms with van der Waals surface area (Å²) in [6.45, 7) is 8.54. The van der Waals surface area contributed by atoms with Crippen LogP contribution in [0.25, 0.3) is 5.78 Å². The van der Waals surface area contributed by atoms with Crippen LogP contribution in [-0.2, 0) is 22.4 Å². The molecule has 1 saturated heterocycles. The number of nitrogens with one attached hydrogen (secondary N) is 1. The fourth-order valence-electron chi connectivity index (χ4n) is 3.76. The third-order valence-corrected chi connectivity index (χ3v) is 6.15. The topological polar surface area (TPSA) is 84.7 Å². The quantitative estimate of drug-likeness (QED) is 0.565. The minimum Gasteiger partial charge on any atom is -0.379 e. The van der Waals surface area contributed by atoms with Crippen LogP contribution in [0, 0.1) is 13.8 Å². The summed E-state index contributed by atoms with van der Waals surface area (Å²) in [6.07, 6.45) is 3.17. The van der Waals surface area contributed by atoms with E-state index in [-0.39, 0.29) is 12.3 Å². The van der Waals surface area contributed by atoms with Crippen molar-refractivity contribution in [3.05, 3.63) is 46.8 Å². The van der Waals surface area contributed by atoms with Crippen molar-refractivity contribution in [1.29, 1.82) is 0 Å². The Morgan fingerprint density at radius 1 is 1.16 bits per heavy atom. The summed E-state index contributed by atoms with van der Waals surface area (Å²) >= 11 is 1.47. The molecule has 1 aromatic carbocycles. The standard InChI is InChI=1S/C22H28N6O2S/c1-15-19(16(2)28-21(23-15)25-22(26-28)31-3)14-20(29)24-18-6-4-17(5-7-18)8-9-27-10-12-30-13-11-27/h4-7H,8-14H2,1-3H3,(H,24,29). The highest BCUT2D eigenvalue weighted by atomic mass is 32.2. The number of carbonyl (C=O) groups is 1. The summed E-state index contributed by atoms with van der Waals surface area (Å²) in [7, 11) is 0. The first-order valence-electron chi connectivity index (χ1n) is 10.5. The predicted molar refractivity (Wildman–Crippen MR) is 122 cm³/mol. The maximum Gasteiger partial charge on any atom is 0.253 e. The van der Waals surface area contributed by atoms with Gasteiger partial charge in [0.25, 0.3) is 5.78 Å². The highest BCUT2D eigenvalue weighted by molar-refractivity contribution is 7.98. The fourth-order valence-corrected chi connectivity index (χ4v) is 4.10. The molecule has 0 unspecified atom stereocenters. The minimum absolute atomic E-state index is 0.0707. The van der Waals surface area contributed by atoms with Crippen LogP contribution in [0.15, 0.2) is 29.4 Å². The molecule has 0 atom stereocenters. The molecule has 1 amide bonds. The second-order valence-corrected chi connectivity index (χ2v) is 8.47. The Kier molecular flexibility index (Phi) is 6.84. The Morgan fingerprint density at radius 3 is 2.61 bits per heavy atom. The van der Waals surface area contributed by atoms with Gasteiger partial charge in [0.05, 0.1) is 19.6 Å². The molecule has 31 heavy (non-hydrogen) atoms. The number of anilines is 1. The van der Waals surface area contributed by atoms with Crippen LogP contribution in [0.1, 0.15) is 22.5 Å². The highest BCUT2D eigenvalue weighted by Crippen LogP contribution is 2.18. The molecule has 8 nitrogen and oxygen atoms in total. The number of ether oxygens (including phenoxy) is 1. The van der Waals surface area contributed by atoms with Gasteiger partial charge < -0.3 is 10.1 Å². The number of morpholine rings is 1. The van der Waals surface area contributed by atoms with Gasteiger partial charge in [-0.3, -0.25) is 9.69 Å². The van der Waals surface area contributed by atoms with Crippen LogP contribution < -0.4 is 5.32 Å². The number of rotatable bonds is 7. The summed E-state index contributed by atoms with van der Waals surface area (Å²) in [5, 5.41) is 8.12. The lowest BCUT2D eigenvalue weighted by atomic mass is 10.1. The molecule has 0 spiro atoms. The number of hydrogen-bond acceptors (Lipinski definition) is 7. The van der Waals surface area contributed by atoms with Crippen LogP contribution in [-0.4, -0.2) is 69.5 Å². The number of fused-ring (bicyclic) bond motifs is 1. The van der Waals surface area contributed by atoms with E-state index < -0.39 is 0 Å². The van der Waals surface area contributed by atoms with Gasteiger partial charge in [-0.1, -0.05) is 23.9 Å². The van der Waals surface area contributed by atoms with E-state index in [1.54, 1.807) is 4.52 Å². The number of hydrogen-bond donors (Lipinski definition) is 1. The van der Waals surface area contributed by atoms with Crippen LogP contribution in [0.4, 0.5) is 5.69 Å². The number of amides is 1. The summed E-state index contributed by atoms with van der Waals surface area (Å²) in [6, 6.07) is 8.10. The predicted octanol–water partition coefficient (Wildman–Crippen LogP) is 2.52. The monoisotopic (exact) mass is 440 g/mol. The van der Waals surface area contributed by atoms with Crippen molar-refractivity contribution < 1.29 is 9.53 Å². The molecule has 1 aliphatic heterocycles. The number of aryl methyl sites for hydroxylation is 2. The Balaban J connectivity index is 1.37. The molecule has 4 rings (SSSR count). The van der Waals surface area contributed by atoms with Gasteiger partial charge in [0.15, 0.2) is 0 Å². The van der Waals surface area contributed by atoms with Crippen molar-refractivity contribution in [3.8, 4) is 0 Å². The van der Waals surface area contributed by atoms with Gasteiger partial charge in [0.2, 0.25) is 11.1 Å². The average molecular weight is 441 g/mol. The molecule has 1 aliphatic rings. The zero-order valence-corrected chi connectivity index (χ0v) is 19.0. The van der Waals surface area contributed by atoms with Crippen molar-refractivity contribution in [2.45, 2.75) is 31.8 Å². The molecule has 164 valence electrons. The first-order chi connectivity index (χ1) is 15.0. The zero-order valence-electron chi connectivity index (χ0n) is 18.2. The van der Waals surface area contributed by atoms with Gasteiger partial charge in [-0.2, -0.15) is 4.98 Å². The van der Waals surface area contributed by atoms with Crippen LogP contribution >= 0.6 is 11.8 Å². The van der Waals surface area contributed by atoms with Gasteiger partial charge in [-0.05, 0) is 44.2 Å². The fraction of sp³-hybridized carbons (Fsp3) is 0.455. The number of aromatic nitrogens is 4. The first kappa shape index (κ1) is 21.7. The number of thioether (sulfide) groups is 1. The third-order valence-electron chi connectivity index (χ3n) is 5.61. The third kappa shape index (κ3) is 5.23. The molecule has 3 aromatic rings. The number of carbonyl (C=O) groups excluding carboxylic acids is 1. The van der Waals surface area contributed by atoms with Crippen molar-refractivity contribution in [3.63, 3.8) is 0 Å². The smallest absolute Gasteiger partial charge is 0.253 e. The maximum absolute atomic E-state index is 12.7. The Hall–Kier alpha value is -2.49. The maximum atomic E-state index is 12.7. The van der Waals surface area contributed by atoms with E-state index >= 15 is 0 Å². The van der Waals surface area contributed by atoms with Crippen LogP contribution in [0.3, 0.4) is 0 Å². The molecular weight excluding hydrogens is 412 g/mol. The van der Waals surface area contributed by atoms with Crippen molar-refractivity contribution in [2.24, 2.45) is 0 Å². The average Bonchev–Trinajstić information content (AvgIpc) is 3.20. The molecular formula is C22H28N6O2S. The molecule has 1 fully saturated rings. The van der Waals surface area contributed by atoms with Crippen molar-refractivity contribution >= 4 is 29.1 Å². The molecule has 1 N–H and O–H groups in total. The van der Waals surface area contributed by atoms with E-state index in [0.717, 1.165) is 61.9 Å². The second kappa shape index (κ2) is 9.76. The highest BCUT2D eigenvalue weighted by Gasteiger charge is 2.16. The van der Waals surface area contributed by atoms with Crippen LogP contribution in [0.5, 0.6) is 0 Å². The summed E-state index contributed by atoms with van der Waals surface area (Å²) < 4.78 is 7.11. The van der Waals surface area contributed by atoms with E-state index in [0.29, 0.717) is 10.9 Å². The largest absolute Gasteiger partial charge is 0.379 e. The molecule has 0 radical (unpaired) electrons. The van der Waals surface area contributed by atoms with Gasteiger partial charge >= 0.3 is 0 Å². The molecule has 2 aromatic heterocycles. The Morgan fingerprint density at radius 2 is 1.90 bits per heavy atom. The Bertz CT molecular complexity index is 1060. The minimum atomic E-state index is -0.0707. The lowest BCUT2D eigenvalue weighted by Gasteiger charge is -2.26. The van der Waals surface area contributed by atoms with Gasteiger partial charge in [0, 0.05) is 42.3 Å². The summed E-state index contributed by atoms with van der Waals surface area (Å²) in [5.41, 5.74) is 4.64. The molecule has 9 heteroatoms. The van der Waals surface area contributed by atoms with E-state index in [1.165, 1.54) is 17.3 Å². The SMILES string of the molecule is CSc1nc2nc(C)c(CC(=O)Nc3ccc(CCN4CCOCC4)cc3)c(C)n2n1. The summed E-state index contributed by atoms with van der Waals surface area (Å²) in [4.78, 5) is 24.0. The van der Waals surface area contributed by atoms with E-state index in [1.807, 2.05) is 32.2 Å². The number of benzene rings is 1. The summed E-state index contributed by atoms with van der Waals surface area (Å²) in [5.74, 6) is 0.495. The molecule has 3 heterocycles. The lowest BCUT2D eigenvalue weighted by Crippen LogP contribution is -2.37. The molecule has 0 saturated carbocycles. The zero-order chi connectivity index (χ0) is 21.8. The normalized spacial score (nSPS) is 14.8. The Labute approximate surface area is 186 Å². The van der Waals surface area contributed by atoms with E-state index in [4.69, 9.17) is 4.74 Å². The van der Waals surface area contributed by atoms with Gasteiger partial charge in [-0.15, -0.1) is 5.10 Å². The lowest BCUT2D eigenvalue weighted by molar-refractivity contribution is -0.115. The van der Waals surface area contributed by atoms with Gasteiger partial charge in [-0.25, -0.2) is 9.50 Å². The van der Waals surface area contributed by atoms with Gasteiger partial charge in [0.1, 0.15) is 0 Å². The van der Waals surface area contributed by atoms with Crippen molar-refractivity contribution in [1.82, 2.24) is 24.5 Å². The molecule has 0 aliphatic carbocycles.